The summed E-state index contributed by atoms with van der Waals surface area (Å²) in [6.07, 6.45) is 1.56. The number of thiazole rings is 1. The van der Waals surface area contributed by atoms with Crippen LogP contribution in [-0.2, 0) is 9.59 Å². The van der Waals surface area contributed by atoms with Crippen LogP contribution in [0.2, 0.25) is 0 Å². The molecule has 0 saturated heterocycles. The van der Waals surface area contributed by atoms with Crippen LogP contribution in [0.4, 0.5) is 10.8 Å². The fourth-order valence-corrected chi connectivity index (χ4v) is 6.31. The van der Waals surface area contributed by atoms with Gasteiger partial charge >= 0.3 is 0 Å². The molecular formula is C36H34N4O6S2. The Labute approximate surface area is 286 Å². The minimum absolute atomic E-state index is 0.0313. The van der Waals surface area contributed by atoms with Gasteiger partial charge in [0.2, 0.25) is 5.91 Å². The van der Waals surface area contributed by atoms with Gasteiger partial charge in [-0.1, -0.05) is 35.6 Å². The first-order valence-electron chi connectivity index (χ1n) is 15.0. The Morgan fingerprint density at radius 3 is 2.35 bits per heavy atom. The van der Waals surface area contributed by atoms with E-state index in [1.807, 2.05) is 44.2 Å². The number of hydrogen-bond acceptors (Lipinski definition) is 9. The zero-order valence-corrected chi connectivity index (χ0v) is 28.4. The number of carbonyl (C=O) groups excluding carboxylic acids is 3. The van der Waals surface area contributed by atoms with Crippen LogP contribution in [0.5, 0.6) is 17.2 Å². The summed E-state index contributed by atoms with van der Waals surface area (Å²) >= 11 is 2.77. The number of ether oxygens (including phenoxy) is 3. The smallest absolute Gasteiger partial charge is 0.272 e. The topological polar surface area (TPSA) is 128 Å². The molecule has 3 N–H and O–H groups in total. The lowest BCUT2D eigenvalue weighted by Gasteiger charge is -2.13. The highest BCUT2D eigenvalue weighted by molar-refractivity contribution is 8.00. The highest BCUT2D eigenvalue weighted by Gasteiger charge is 2.18. The Hall–Kier alpha value is -5.33. The maximum Gasteiger partial charge on any atom is 0.272 e. The monoisotopic (exact) mass is 682 g/mol. The molecule has 1 unspecified atom stereocenters. The molecule has 3 amide bonds. The second kappa shape index (κ2) is 16.0. The van der Waals surface area contributed by atoms with Crippen molar-refractivity contribution < 1.29 is 28.6 Å². The molecule has 0 bridgehead atoms. The van der Waals surface area contributed by atoms with Crippen LogP contribution in [0.1, 0.15) is 29.8 Å². The molecule has 0 aliphatic heterocycles. The Morgan fingerprint density at radius 1 is 0.896 bits per heavy atom. The van der Waals surface area contributed by atoms with Crippen molar-refractivity contribution in [2.24, 2.45) is 0 Å². The van der Waals surface area contributed by atoms with Gasteiger partial charge in [-0.25, -0.2) is 4.98 Å². The molecule has 12 heteroatoms. The van der Waals surface area contributed by atoms with Gasteiger partial charge in [-0.2, -0.15) is 0 Å². The average Bonchev–Trinajstić information content (AvgIpc) is 3.50. The first-order valence-corrected chi connectivity index (χ1v) is 16.7. The molecule has 246 valence electrons. The second-order valence-electron chi connectivity index (χ2n) is 10.3. The van der Waals surface area contributed by atoms with Crippen molar-refractivity contribution >= 4 is 67.9 Å². The van der Waals surface area contributed by atoms with E-state index in [0.29, 0.717) is 40.1 Å². The second-order valence-corrected chi connectivity index (χ2v) is 12.7. The number of thioether (sulfide) groups is 1. The van der Waals surface area contributed by atoms with Crippen LogP contribution in [-0.4, -0.2) is 48.8 Å². The van der Waals surface area contributed by atoms with Crippen LogP contribution in [0, 0.1) is 0 Å². The molecule has 1 atom stereocenters. The molecule has 10 nitrogen and oxygen atoms in total. The van der Waals surface area contributed by atoms with Crippen molar-refractivity contribution in [2.75, 3.05) is 31.5 Å². The number of fused-ring (bicyclic) bond motifs is 1. The molecule has 0 saturated carbocycles. The van der Waals surface area contributed by atoms with Crippen LogP contribution in [0.15, 0.2) is 102 Å². The number of anilines is 2. The first-order chi connectivity index (χ1) is 23.3. The number of hydrogen-bond donors (Lipinski definition) is 3. The van der Waals surface area contributed by atoms with Gasteiger partial charge in [0.15, 0.2) is 16.6 Å². The van der Waals surface area contributed by atoms with Gasteiger partial charge in [-0.05, 0) is 92.2 Å². The average molecular weight is 683 g/mol. The van der Waals surface area contributed by atoms with Crippen LogP contribution in [0.3, 0.4) is 0 Å². The predicted molar refractivity (Wildman–Crippen MR) is 191 cm³/mol. The molecule has 0 radical (unpaired) electrons. The third kappa shape index (κ3) is 8.72. The van der Waals surface area contributed by atoms with Gasteiger partial charge in [0, 0.05) is 16.1 Å². The number of benzene rings is 4. The minimum atomic E-state index is -0.522. The molecule has 0 fully saturated rings. The standard InChI is InChI=1S/C36H34N4O6S2/c1-5-46-26-14-17-28-32(21-26)48-36(39-28)40-33(41)22(2)47-27-15-12-25(13-16-27)37-35(43)29(38-34(42)24-9-7-6-8-10-24)19-23-11-18-30(44-3)31(20-23)45-4/h6-22H,5H2,1-4H3,(H,37,43)(H,38,42)(H,39,40,41)/b29-19-. The lowest BCUT2D eigenvalue weighted by molar-refractivity contribution is -0.115. The van der Waals surface area contributed by atoms with E-state index >= 15 is 0 Å². The summed E-state index contributed by atoms with van der Waals surface area (Å²) in [4.78, 5) is 44.8. The SMILES string of the molecule is CCOc1ccc2nc(NC(=O)C(C)Sc3ccc(NC(=O)/C(=C/c4ccc(OC)c(OC)c4)NC(=O)c4ccccc4)cc3)sc2c1. The molecule has 5 rings (SSSR count). The normalized spacial score (nSPS) is 11.8. The lowest BCUT2D eigenvalue weighted by Crippen LogP contribution is -2.30. The summed E-state index contributed by atoms with van der Waals surface area (Å²) in [5, 5.41) is 8.59. The summed E-state index contributed by atoms with van der Waals surface area (Å²) in [6.45, 7) is 4.31. The minimum Gasteiger partial charge on any atom is -0.494 e. The number of nitrogens with zero attached hydrogens (tertiary/aromatic N) is 1. The fraction of sp³-hybridized carbons (Fsp3) is 0.167. The maximum absolute atomic E-state index is 13.5. The molecule has 0 spiro atoms. The summed E-state index contributed by atoms with van der Waals surface area (Å²) in [5.41, 5.74) is 2.35. The maximum atomic E-state index is 13.5. The number of aromatic nitrogens is 1. The van der Waals surface area contributed by atoms with Crippen molar-refractivity contribution in [3.63, 3.8) is 0 Å². The van der Waals surface area contributed by atoms with Crippen LogP contribution in [0.25, 0.3) is 16.3 Å². The van der Waals surface area contributed by atoms with E-state index in [2.05, 4.69) is 20.9 Å². The van der Waals surface area contributed by atoms with E-state index in [0.717, 1.165) is 20.9 Å². The zero-order valence-electron chi connectivity index (χ0n) is 26.7. The molecule has 1 heterocycles. The number of methoxy groups -OCH3 is 2. The largest absolute Gasteiger partial charge is 0.494 e. The van der Waals surface area contributed by atoms with Crippen LogP contribution < -0.4 is 30.2 Å². The van der Waals surface area contributed by atoms with E-state index < -0.39 is 17.1 Å². The number of carbonyl (C=O) groups is 3. The number of rotatable bonds is 13. The molecule has 48 heavy (non-hydrogen) atoms. The predicted octanol–water partition coefficient (Wildman–Crippen LogP) is 7.24. The highest BCUT2D eigenvalue weighted by Crippen LogP contribution is 2.31. The zero-order chi connectivity index (χ0) is 34.0. The van der Waals surface area contributed by atoms with Crippen LogP contribution >= 0.6 is 23.1 Å². The van der Waals surface area contributed by atoms with Gasteiger partial charge in [-0.3, -0.25) is 14.4 Å². The molecule has 5 aromatic rings. The molecule has 0 aliphatic rings. The number of nitrogens with one attached hydrogen (secondary N) is 3. The van der Waals surface area contributed by atoms with Crippen molar-refractivity contribution in [3.8, 4) is 17.2 Å². The van der Waals surface area contributed by atoms with Gasteiger partial charge < -0.3 is 30.2 Å². The van der Waals surface area contributed by atoms with Gasteiger partial charge in [-0.15, -0.1) is 11.8 Å². The Morgan fingerprint density at radius 2 is 1.65 bits per heavy atom. The van der Waals surface area contributed by atoms with Gasteiger partial charge in [0.25, 0.3) is 11.8 Å². The summed E-state index contributed by atoms with van der Waals surface area (Å²) < 4.78 is 17.2. The Kier molecular flexibility index (Phi) is 11.3. The fourth-order valence-electron chi connectivity index (χ4n) is 4.55. The molecular weight excluding hydrogens is 649 g/mol. The van der Waals surface area contributed by atoms with Gasteiger partial charge in [0.1, 0.15) is 11.4 Å². The van der Waals surface area contributed by atoms with Gasteiger partial charge in [0.05, 0.1) is 36.3 Å². The van der Waals surface area contributed by atoms with E-state index in [-0.39, 0.29) is 11.6 Å². The molecule has 4 aromatic carbocycles. The van der Waals surface area contributed by atoms with E-state index in [1.54, 1.807) is 66.7 Å². The first kappa shape index (κ1) is 34.0. The van der Waals surface area contributed by atoms with Crippen molar-refractivity contribution in [3.05, 3.63) is 108 Å². The number of amides is 3. The quantitative estimate of drug-likeness (QED) is 0.0876. The Bertz CT molecular complexity index is 1940. The summed E-state index contributed by atoms with van der Waals surface area (Å²) in [7, 11) is 3.06. The van der Waals surface area contributed by atoms with Crippen molar-refractivity contribution in [1.82, 2.24) is 10.3 Å². The van der Waals surface area contributed by atoms with E-state index in [9.17, 15) is 14.4 Å². The van der Waals surface area contributed by atoms with E-state index in [4.69, 9.17) is 14.2 Å². The van der Waals surface area contributed by atoms with Crippen molar-refractivity contribution in [2.45, 2.75) is 24.0 Å². The Balaban J connectivity index is 1.25. The third-order valence-electron chi connectivity index (χ3n) is 6.94. The van der Waals surface area contributed by atoms with Crippen molar-refractivity contribution in [1.29, 1.82) is 0 Å². The summed E-state index contributed by atoms with van der Waals surface area (Å²) in [6, 6.07) is 26.6. The summed E-state index contributed by atoms with van der Waals surface area (Å²) in [5.74, 6) is 0.640. The third-order valence-corrected chi connectivity index (χ3v) is 8.99. The molecule has 1 aromatic heterocycles. The highest BCUT2D eigenvalue weighted by atomic mass is 32.2. The molecule has 0 aliphatic carbocycles. The van der Waals surface area contributed by atoms with E-state index in [1.165, 1.54) is 37.3 Å². The lowest BCUT2D eigenvalue weighted by atomic mass is 10.1.